The van der Waals surface area contributed by atoms with Gasteiger partial charge in [-0.1, -0.05) is 0 Å². The van der Waals surface area contributed by atoms with Gasteiger partial charge < -0.3 is 9.72 Å². The van der Waals surface area contributed by atoms with Crippen molar-refractivity contribution in [3.8, 4) is 6.07 Å². The first-order valence-corrected chi connectivity index (χ1v) is 6.77. The lowest BCUT2D eigenvalue weighted by molar-refractivity contribution is -0.147. The second-order valence-corrected chi connectivity index (χ2v) is 4.75. The van der Waals surface area contributed by atoms with Crippen LogP contribution >= 0.6 is 0 Å². The van der Waals surface area contributed by atoms with E-state index in [2.05, 4.69) is 16.0 Å². The molecular weight excluding hydrogens is 273 g/mol. The number of halogens is 1. The number of benzene rings is 1. The van der Waals surface area contributed by atoms with Gasteiger partial charge in [0.25, 0.3) is 0 Å². The molecule has 0 radical (unpaired) electrons. The summed E-state index contributed by atoms with van der Waals surface area (Å²) in [5, 5.41) is 8.89. The molecule has 0 amide bonds. The number of rotatable bonds is 6. The lowest BCUT2D eigenvalue weighted by Gasteiger charge is -2.14. The Hall–Kier alpha value is -2.42. The lowest BCUT2D eigenvalue weighted by atomic mass is 10.1. The van der Waals surface area contributed by atoms with Gasteiger partial charge in [0.05, 0.1) is 29.3 Å². The van der Waals surface area contributed by atoms with Crippen LogP contribution in [0.5, 0.6) is 0 Å². The Bertz CT molecular complexity index is 675. The van der Waals surface area contributed by atoms with Gasteiger partial charge in [-0.3, -0.25) is 9.18 Å². The number of carbonyl (C=O) groups is 1. The first-order chi connectivity index (χ1) is 10.1. The number of imidazole rings is 1. The minimum Gasteiger partial charge on any atom is -0.454 e. The van der Waals surface area contributed by atoms with Gasteiger partial charge >= 0.3 is 5.97 Å². The van der Waals surface area contributed by atoms with Crippen LogP contribution in [-0.2, 0) is 9.53 Å². The first-order valence-electron chi connectivity index (χ1n) is 6.77. The summed E-state index contributed by atoms with van der Waals surface area (Å²) < 4.78 is 17.4. The number of nitrogens with zero attached hydrogens (tertiary/aromatic N) is 2. The van der Waals surface area contributed by atoms with E-state index in [-0.39, 0.29) is 0 Å². The normalized spacial score (nSPS) is 12.0. The summed E-state index contributed by atoms with van der Waals surface area (Å²) in [5.41, 5.74) is 1.94. The smallest absolute Gasteiger partial charge is 0.303 e. The van der Waals surface area contributed by atoms with E-state index in [1.165, 1.54) is 6.92 Å². The molecule has 0 fully saturated rings. The molecule has 1 aromatic carbocycles. The Balaban J connectivity index is 2.26. The van der Waals surface area contributed by atoms with Crippen molar-refractivity contribution in [1.82, 2.24) is 9.97 Å². The van der Waals surface area contributed by atoms with Crippen molar-refractivity contribution in [1.29, 1.82) is 5.26 Å². The molecule has 0 saturated carbocycles. The number of nitriles is 1. The zero-order chi connectivity index (χ0) is 15.2. The number of H-pyrrole nitrogens is 1. The molecule has 6 heteroatoms. The van der Waals surface area contributed by atoms with Crippen LogP contribution in [0.2, 0.25) is 0 Å². The number of nitrogens with one attached hydrogen (secondary N) is 1. The van der Waals surface area contributed by atoms with Crippen LogP contribution in [0.3, 0.4) is 0 Å². The Morgan fingerprint density at radius 3 is 3.00 bits per heavy atom. The number of carbonyl (C=O) groups excluding carboxylic acids is 1. The molecule has 0 spiro atoms. The fraction of sp³-hybridized carbons (Fsp3) is 0.400. The largest absolute Gasteiger partial charge is 0.454 e. The van der Waals surface area contributed by atoms with Gasteiger partial charge in [0.1, 0.15) is 5.82 Å². The molecule has 2 rings (SSSR count). The van der Waals surface area contributed by atoms with Crippen LogP contribution in [0.1, 0.15) is 43.7 Å². The monoisotopic (exact) mass is 289 g/mol. The van der Waals surface area contributed by atoms with Gasteiger partial charge in [0, 0.05) is 6.92 Å². The summed E-state index contributed by atoms with van der Waals surface area (Å²) in [7, 11) is 0. The Morgan fingerprint density at radius 2 is 2.33 bits per heavy atom. The topological polar surface area (TPSA) is 78.8 Å². The fourth-order valence-electron chi connectivity index (χ4n) is 2.13. The number of ether oxygens (including phenoxy) is 1. The zero-order valence-electron chi connectivity index (χ0n) is 11.7. The van der Waals surface area contributed by atoms with Crippen molar-refractivity contribution >= 4 is 17.0 Å². The highest BCUT2D eigenvalue weighted by atomic mass is 19.1. The molecule has 0 aliphatic rings. The molecule has 0 aliphatic carbocycles. The van der Waals surface area contributed by atoms with E-state index in [1.54, 1.807) is 18.2 Å². The Kier molecular flexibility index (Phi) is 4.88. The summed E-state index contributed by atoms with van der Waals surface area (Å²) in [4.78, 5) is 18.6. The number of alkyl halides is 1. The summed E-state index contributed by atoms with van der Waals surface area (Å²) >= 11 is 0. The lowest BCUT2D eigenvalue weighted by Crippen LogP contribution is -2.10. The van der Waals surface area contributed by atoms with Crippen LogP contribution in [-0.4, -0.2) is 22.6 Å². The second kappa shape index (κ2) is 6.84. The standard InChI is InChI=1S/C15H16FN3O2/c1-10(20)21-14(4-2-3-7-16)15-18-12-6-5-11(9-17)8-13(12)19-15/h5-6,8,14H,2-4,7H2,1H3,(H,18,19). The van der Waals surface area contributed by atoms with Crippen molar-refractivity contribution in [3.63, 3.8) is 0 Å². The van der Waals surface area contributed by atoms with Crippen LogP contribution in [0, 0.1) is 11.3 Å². The fourth-order valence-corrected chi connectivity index (χ4v) is 2.13. The average molecular weight is 289 g/mol. The second-order valence-electron chi connectivity index (χ2n) is 4.75. The molecule has 1 atom stereocenters. The van der Waals surface area contributed by atoms with Crippen LogP contribution in [0.25, 0.3) is 11.0 Å². The van der Waals surface area contributed by atoms with E-state index >= 15 is 0 Å². The first kappa shape index (κ1) is 15.0. The number of hydrogen-bond acceptors (Lipinski definition) is 4. The molecule has 21 heavy (non-hydrogen) atoms. The highest BCUT2D eigenvalue weighted by Crippen LogP contribution is 2.24. The van der Waals surface area contributed by atoms with Crippen molar-refractivity contribution in [3.05, 3.63) is 29.6 Å². The minimum absolute atomic E-state index is 0.390. The SMILES string of the molecule is CC(=O)OC(CCCCF)c1nc2ccc(C#N)cc2[nH]1. The third-order valence-corrected chi connectivity index (χ3v) is 3.09. The van der Waals surface area contributed by atoms with Gasteiger partial charge in [0.2, 0.25) is 0 Å². The van der Waals surface area contributed by atoms with E-state index in [0.717, 1.165) is 0 Å². The molecular formula is C15H16FN3O2. The van der Waals surface area contributed by atoms with Gasteiger partial charge in [-0.05, 0) is 37.5 Å². The number of esters is 1. The molecule has 5 nitrogen and oxygen atoms in total. The molecule has 0 saturated heterocycles. The van der Waals surface area contributed by atoms with E-state index in [4.69, 9.17) is 10.00 Å². The van der Waals surface area contributed by atoms with Crippen molar-refractivity contribution in [2.24, 2.45) is 0 Å². The summed E-state index contributed by atoms with van der Waals surface area (Å²) in [5.74, 6) is 0.118. The summed E-state index contributed by atoms with van der Waals surface area (Å²) in [6.07, 6.45) is 1.02. The third kappa shape index (κ3) is 3.78. The third-order valence-electron chi connectivity index (χ3n) is 3.09. The number of unbranched alkanes of at least 4 members (excludes halogenated alkanes) is 1. The van der Waals surface area contributed by atoms with Gasteiger partial charge in [-0.2, -0.15) is 5.26 Å². The van der Waals surface area contributed by atoms with Crippen LogP contribution < -0.4 is 0 Å². The van der Waals surface area contributed by atoms with Crippen LogP contribution in [0.4, 0.5) is 4.39 Å². The Labute approximate surface area is 121 Å². The van der Waals surface area contributed by atoms with Gasteiger partial charge in [-0.15, -0.1) is 0 Å². The zero-order valence-corrected chi connectivity index (χ0v) is 11.7. The molecule has 1 aromatic heterocycles. The van der Waals surface area contributed by atoms with Crippen molar-refractivity contribution in [2.45, 2.75) is 32.3 Å². The maximum atomic E-state index is 12.2. The predicted octanol–water partition coefficient (Wildman–Crippen LogP) is 3.18. The van der Waals surface area contributed by atoms with E-state index in [0.29, 0.717) is 41.7 Å². The average Bonchev–Trinajstić information content (AvgIpc) is 2.88. The molecule has 1 unspecified atom stereocenters. The highest BCUT2D eigenvalue weighted by molar-refractivity contribution is 5.77. The number of aromatic amines is 1. The maximum Gasteiger partial charge on any atom is 0.303 e. The number of hydrogen-bond donors (Lipinski definition) is 1. The predicted molar refractivity (Wildman–Crippen MR) is 75.1 cm³/mol. The molecule has 1 N–H and O–H groups in total. The maximum absolute atomic E-state index is 12.2. The molecule has 2 aromatic rings. The van der Waals surface area contributed by atoms with Crippen molar-refractivity contribution in [2.75, 3.05) is 6.67 Å². The van der Waals surface area contributed by atoms with Gasteiger partial charge in [-0.25, -0.2) is 4.98 Å². The van der Waals surface area contributed by atoms with Gasteiger partial charge in [0.15, 0.2) is 6.10 Å². The number of aromatic nitrogens is 2. The summed E-state index contributed by atoms with van der Waals surface area (Å²) in [6, 6.07) is 7.16. The minimum atomic E-state index is -0.521. The molecule has 110 valence electrons. The molecule has 0 bridgehead atoms. The van der Waals surface area contributed by atoms with E-state index in [9.17, 15) is 9.18 Å². The summed E-state index contributed by atoms with van der Waals surface area (Å²) in [6.45, 7) is 0.942. The highest BCUT2D eigenvalue weighted by Gasteiger charge is 2.18. The molecule has 1 heterocycles. The number of fused-ring (bicyclic) bond motifs is 1. The van der Waals surface area contributed by atoms with Crippen molar-refractivity contribution < 1.29 is 13.9 Å². The molecule has 0 aliphatic heterocycles. The van der Waals surface area contributed by atoms with Crippen LogP contribution in [0.15, 0.2) is 18.2 Å². The Morgan fingerprint density at radius 1 is 1.52 bits per heavy atom. The van der Waals surface area contributed by atoms with E-state index in [1.807, 2.05) is 0 Å². The van der Waals surface area contributed by atoms with E-state index < -0.39 is 18.7 Å². The quantitative estimate of drug-likeness (QED) is 0.654.